The van der Waals surface area contributed by atoms with E-state index in [-0.39, 0.29) is 43.1 Å². The predicted molar refractivity (Wildman–Crippen MR) is 201 cm³/mol. The largest absolute Gasteiger partial charge is 0.356 e. The summed E-state index contributed by atoms with van der Waals surface area (Å²) in [6, 6.07) is 13.9. The Hall–Kier alpha value is -4.79. The molecular formula is C37H45ClN8O5S. The van der Waals surface area contributed by atoms with Crippen LogP contribution in [0.15, 0.2) is 60.0 Å². The first-order chi connectivity index (χ1) is 24.8. The zero-order valence-electron chi connectivity index (χ0n) is 29.9. The minimum atomic E-state index is -0.998. The zero-order valence-corrected chi connectivity index (χ0v) is 31.4. The Balaban J connectivity index is 1.47. The van der Waals surface area contributed by atoms with Gasteiger partial charge in [0.25, 0.3) is 5.91 Å². The molecule has 0 aliphatic carbocycles. The van der Waals surface area contributed by atoms with Crippen molar-refractivity contribution in [1.29, 1.82) is 0 Å². The highest BCUT2D eigenvalue weighted by molar-refractivity contribution is 7.09. The highest BCUT2D eigenvalue weighted by Gasteiger charge is 2.31. The lowest BCUT2D eigenvalue weighted by atomic mass is 10.0. The van der Waals surface area contributed by atoms with E-state index < -0.39 is 41.9 Å². The van der Waals surface area contributed by atoms with Crippen LogP contribution in [0.4, 0.5) is 0 Å². The van der Waals surface area contributed by atoms with Crippen molar-refractivity contribution < 1.29 is 24.0 Å². The number of carbonyl (C=O) groups excluding carboxylic acids is 5. The summed E-state index contributed by atoms with van der Waals surface area (Å²) in [6.07, 6.45) is 0.417. The average molecular weight is 749 g/mol. The van der Waals surface area contributed by atoms with Crippen LogP contribution in [0.5, 0.6) is 0 Å². The van der Waals surface area contributed by atoms with Crippen molar-refractivity contribution in [1.82, 2.24) is 41.0 Å². The molecular weight excluding hydrogens is 704 g/mol. The third-order valence-electron chi connectivity index (χ3n) is 8.98. The summed E-state index contributed by atoms with van der Waals surface area (Å²) >= 11 is 8.02. The number of nitrogens with zero attached hydrogens (tertiary/aromatic N) is 3. The van der Waals surface area contributed by atoms with Gasteiger partial charge in [-0.1, -0.05) is 74.0 Å². The van der Waals surface area contributed by atoms with Crippen LogP contribution in [-0.2, 0) is 32.1 Å². The van der Waals surface area contributed by atoms with Crippen LogP contribution in [0, 0.1) is 5.92 Å². The highest BCUT2D eigenvalue weighted by atomic mass is 35.5. The summed E-state index contributed by atoms with van der Waals surface area (Å²) in [5.74, 6) is -2.61. The molecule has 2 aromatic heterocycles. The molecule has 5 amide bonds. The SMILES string of the molecule is CC(C)[C@@H]1NC(=O)[C@H](C)NC(=O)c2csc(n2)[C@H](Cc2ccccc2)NC(=O)CN(Cc2[nH]c3ccccc3c2Cl)CCN(C)C(=O)[C@@H](C)NC1=O. The lowest BCUT2D eigenvalue weighted by Gasteiger charge is -2.29. The molecule has 5 N–H and O–H groups in total. The van der Waals surface area contributed by atoms with Crippen LogP contribution >= 0.6 is 22.9 Å². The van der Waals surface area contributed by atoms with E-state index in [2.05, 4.69) is 31.2 Å². The molecule has 0 spiro atoms. The second kappa shape index (κ2) is 17.2. The number of hydrogen-bond donors (Lipinski definition) is 5. The number of amides is 5. The van der Waals surface area contributed by atoms with E-state index in [1.165, 1.54) is 23.2 Å². The van der Waals surface area contributed by atoms with Gasteiger partial charge in [0.1, 0.15) is 28.8 Å². The van der Waals surface area contributed by atoms with Crippen molar-refractivity contribution in [3.63, 3.8) is 0 Å². The smallest absolute Gasteiger partial charge is 0.271 e. The number of fused-ring (bicyclic) bond motifs is 3. The van der Waals surface area contributed by atoms with Gasteiger partial charge in [-0.2, -0.15) is 0 Å². The van der Waals surface area contributed by atoms with E-state index in [9.17, 15) is 24.0 Å². The first-order valence-corrected chi connectivity index (χ1v) is 18.5. The number of rotatable bonds is 5. The van der Waals surface area contributed by atoms with Crippen molar-refractivity contribution in [2.24, 2.45) is 5.92 Å². The first-order valence-electron chi connectivity index (χ1n) is 17.2. The molecule has 5 rings (SSSR count). The number of aromatic amines is 1. The van der Waals surface area contributed by atoms with Gasteiger partial charge in [0.05, 0.1) is 17.6 Å². The maximum Gasteiger partial charge on any atom is 0.271 e. The second-order valence-electron chi connectivity index (χ2n) is 13.5. The quantitative estimate of drug-likeness (QED) is 0.209. The summed E-state index contributed by atoms with van der Waals surface area (Å²) in [5.41, 5.74) is 2.65. The van der Waals surface area contributed by atoms with E-state index in [0.29, 0.717) is 23.0 Å². The Kier molecular flexibility index (Phi) is 12.7. The van der Waals surface area contributed by atoms with E-state index in [1.54, 1.807) is 33.2 Å². The number of likely N-dealkylation sites (N-methyl/N-ethyl adjacent to an activating group) is 1. The lowest BCUT2D eigenvalue weighted by molar-refractivity contribution is -0.136. The van der Waals surface area contributed by atoms with E-state index in [1.807, 2.05) is 59.5 Å². The standard InChI is InChI=1S/C37H45ClN8O5S/c1-21(2)32-35(50)40-23(4)37(51)45(5)15-16-46(18-28-31(38)25-13-9-10-14-26(25)41-28)19-30(47)42-27(17-24-11-7-6-8-12-24)36-43-29(20-52-36)34(49)39-22(3)33(48)44-32/h6-14,20-23,27,32,41H,15-19H2,1-5H3,(H,39,49)(H,40,50)(H,42,47)(H,44,48)/t22-,23+,27-,32-/m0/s1. The molecule has 3 heterocycles. The monoisotopic (exact) mass is 748 g/mol. The number of thiazole rings is 1. The molecule has 1 aliphatic heterocycles. The van der Waals surface area contributed by atoms with Gasteiger partial charge in [0.15, 0.2) is 0 Å². The van der Waals surface area contributed by atoms with Crippen LogP contribution in [0.25, 0.3) is 10.9 Å². The number of benzene rings is 2. The summed E-state index contributed by atoms with van der Waals surface area (Å²) in [4.78, 5) is 78.4. The Bertz CT molecular complexity index is 1910. The first kappa shape index (κ1) is 38.4. The number of para-hydroxylation sites is 1. The topological polar surface area (TPSA) is 169 Å². The zero-order chi connectivity index (χ0) is 37.5. The Morgan fingerprint density at radius 2 is 1.60 bits per heavy atom. The lowest BCUT2D eigenvalue weighted by Crippen LogP contribution is -2.57. The van der Waals surface area contributed by atoms with Crippen LogP contribution < -0.4 is 21.3 Å². The molecule has 0 fully saturated rings. The molecule has 13 nitrogen and oxygen atoms in total. The third kappa shape index (κ3) is 9.55. The Morgan fingerprint density at radius 1 is 0.885 bits per heavy atom. The van der Waals surface area contributed by atoms with E-state index in [0.717, 1.165) is 22.2 Å². The van der Waals surface area contributed by atoms with E-state index >= 15 is 0 Å². The number of aromatic nitrogens is 2. The van der Waals surface area contributed by atoms with Crippen LogP contribution in [-0.4, -0.2) is 94.1 Å². The molecule has 0 radical (unpaired) electrons. The number of halogens is 1. The molecule has 52 heavy (non-hydrogen) atoms. The minimum Gasteiger partial charge on any atom is -0.356 e. The Morgan fingerprint density at radius 3 is 2.31 bits per heavy atom. The number of H-pyrrole nitrogens is 1. The highest BCUT2D eigenvalue weighted by Crippen LogP contribution is 2.28. The van der Waals surface area contributed by atoms with Crippen molar-refractivity contribution in [3.05, 3.63) is 87.0 Å². The molecule has 0 saturated carbocycles. The third-order valence-corrected chi connectivity index (χ3v) is 10.4. The molecule has 276 valence electrons. The summed E-state index contributed by atoms with van der Waals surface area (Å²) < 4.78 is 0. The number of nitrogens with one attached hydrogen (secondary N) is 5. The Labute approximate surface area is 311 Å². The van der Waals surface area contributed by atoms with Gasteiger partial charge in [-0.05, 0) is 37.8 Å². The maximum absolute atomic E-state index is 13.9. The van der Waals surface area contributed by atoms with Crippen LogP contribution in [0.3, 0.4) is 0 Å². The molecule has 2 aromatic carbocycles. The predicted octanol–water partition coefficient (Wildman–Crippen LogP) is 3.42. The van der Waals surface area contributed by atoms with Gasteiger partial charge < -0.3 is 31.2 Å². The van der Waals surface area contributed by atoms with Crippen molar-refractivity contribution in [2.75, 3.05) is 26.7 Å². The summed E-state index contributed by atoms with van der Waals surface area (Å²) in [5, 5.41) is 14.8. The fraction of sp³-hybridized carbons (Fsp3) is 0.405. The number of carbonyl (C=O) groups is 5. The average Bonchev–Trinajstić information content (AvgIpc) is 3.73. The summed E-state index contributed by atoms with van der Waals surface area (Å²) in [7, 11) is 1.64. The van der Waals surface area contributed by atoms with Crippen molar-refractivity contribution in [2.45, 2.75) is 64.8 Å². The molecule has 1 aliphatic rings. The van der Waals surface area contributed by atoms with Gasteiger partial charge >= 0.3 is 0 Å². The van der Waals surface area contributed by atoms with Crippen molar-refractivity contribution in [3.8, 4) is 0 Å². The van der Waals surface area contributed by atoms with Gasteiger partial charge in [-0.3, -0.25) is 28.9 Å². The van der Waals surface area contributed by atoms with Crippen LogP contribution in [0.1, 0.15) is 60.5 Å². The minimum absolute atomic E-state index is 0.0363. The molecule has 15 heteroatoms. The van der Waals surface area contributed by atoms with Gasteiger partial charge in [-0.15, -0.1) is 11.3 Å². The van der Waals surface area contributed by atoms with Gasteiger partial charge in [0, 0.05) is 48.7 Å². The van der Waals surface area contributed by atoms with Crippen LogP contribution in [0.2, 0.25) is 5.02 Å². The van der Waals surface area contributed by atoms with Gasteiger partial charge in [-0.25, -0.2) is 4.98 Å². The summed E-state index contributed by atoms with van der Waals surface area (Å²) in [6.45, 7) is 7.44. The molecule has 2 bridgehead atoms. The molecule has 0 saturated heterocycles. The molecule has 4 atom stereocenters. The number of hydrogen-bond acceptors (Lipinski definition) is 8. The molecule has 0 unspecified atom stereocenters. The fourth-order valence-corrected chi connectivity index (χ4v) is 7.12. The van der Waals surface area contributed by atoms with Gasteiger partial charge in [0.2, 0.25) is 23.6 Å². The normalized spacial score (nSPS) is 22.1. The fourth-order valence-electron chi connectivity index (χ4n) is 6.00. The van der Waals surface area contributed by atoms with Crippen molar-refractivity contribution >= 4 is 63.4 Å². The maximum atomic E-state index is 13.9. The van der Waals surface area contributed by atoms with E-state index in [4.69, 9.17) is 11.6 Å². The second-order valence-corrected chi connectivity index (χ2v) is 14.7. The molecule has 4 aromatic rings.